The van der Waals surface area contributed by atoms with Crippen LogP contribution in [-0.4, -0.2) is 45.5 Å². The van der Waals surface area contributed by atoms with E-state index in [4.69, 9.17) is 4.74 Å². The number of rotatable bonds is 5. The second-order valence-electron chi connectivity index (χ2n) is 7.45. The highest BCUT2D eigenvalue weighted by atomic mass is 32.2. The number of nitrogens with zero attached hydrogens (tertiary/aromatic N) is 2. The zero-order valence-electron chi connectivity index (χ0n) is 17.4. The number of benzene rings is 2. The minimum Gasteiger partial charge on any atom is -0.492 e. The molecule has 5 nitrogen and oxygen atoms in total. The molecular weight excluding hydrogens is 372 g/mol. The molecule has 0 spiro atoms. The maximum atomic E-state index is 13.4. The molecule has 28 heavy (non-hydrogen) atoms. The lowest BCUT2D eigenvalue weighted by Crippen LogP contribution is -2.49. The third kappa shape index (κ3) is 3.89. The molecule has 1 fully saturated rings. The van der Waals surface area contributed by atoms with E-state index in [2.05, 4.69) is 36.9 Å². The normalized spacial score (nSPS) is 15.7. The Balaban J connectivity index is 1.85. The Morgan fingerprint density at radius 2 is 1.46 bits per heavy atom. The minimum absolute atomic E-state index is 0.276. The zero-order chi connectivity index (χ0) is 20.5. The number of hydrogen-bond donors (Lipinski definition) is 0. The van der Waals surface area contributed by atoms with Crippen LogP contribution in [0.3, 0.4) is 0 Å². The fourth-order valence-corrected chi connectivity index (χ4v) is 5.45. The molecule has 0 N–H and O–H groups in total. The van der Waals surface area contributed by atoms with E-state index in [1.54, 1.807) is 10.4 Å². The molecule has 0 aliphatic carbocycles. The predicted octanol–water partition coefficient (Wildman–Crippen LogP) is 3.83. The third-order valence-electron chi connectivity index (χ3n) is 5.47. The topological polar surface area (TPSA) is 49.9 Å². The summed E-state index contributed by atoms with van der Waals surface area (Å²) in [6.45, 7) is 12.7. The largest absolute Gasteiger partial charge is 0.492 e. The number of sulfonamides is 1. The first-order chi connectivity index (χ1) is 13.3. The number of para-hydroxylation sites is 1. The van der Waals surface area contributed by atoms with Crippen LogP contribution in [0.2, 0.25) is 0 Å². The summed E-state index contributed by atoms with van der Waals surface area (Å²) < 4.78 is 33.9. The van der Waals surface area contributed by atoms with E-state index >= 15 is 0 Å². The van der Waals surface area contributed by atoms with Crippen molar-refractivity contribution < 1.29 is 13.2 Å². The molecule has 1 saturated heterocycles. The fourth-order valence-electron chi connectivity index (χ4n) is 3.83. The molecule has 0 atom stereocenters. The molecule has 0 amide bonds. The van der Waals surface area contributed by atoms with Crippen LogP contribution in [0.25, 0.3) is 0 Å². The minimum atomic E-state index is -3.60. The van der Waals surface area contributed by atoms with Crippen molar-refractivity contribution in [3.63, 3.8) is 0 Å². The predicted molar refractivity (Wildman–Crippen MR) is 114 cm³/mol. The Labute approximate surface area is 169 Å². The van der Waals surface area contributed by atoms with Crippen molar-refractivity contribution in [3.8, 4) is 5.75 Å². The number of anilines is 1. The Hall–Kier alpha value is -2.05. The SMILES string of the molecule is CCOc1cc(C)c(C)cc1S(=O)(=O)N1CCN(c2c(C)cccc2C)CC1. The molecule has 1 aliphatic heterocycles. The van der Waals surface area contributed by atoms with E-state index in [0.29, 0.717) is 38.5 Å². The lowest BCUT2D eigenvalue weighted by atomic mass is 10.1. The Morgan fingerprint density at radius 3 is 2.04 bits per heavy atom. The summed E-state index contributed by atoms with van der Waals surface area (Å²) in [7, 11) is -3.60. The molecule has 1 aliphatic rings. The molecule has 1 heterocycles. The van der Waals surface area contributed by atoms with Gasteiger partial charge >= 0.3 is 0 Å². The van der Waals surface area contributed by atoms with Crippen molar-refractivity contribution in [3.05, 3.63) is 52.6 Å². The van der Waals surface area contributed by atoms with Crippen molar-refractivity contribution >= 4 is 15.7 Å². The second-order valence-corrected chi connectivity index (χ2v) is 9.35. The summed E-state index contributed by atoms with van der Waals surface area (Å²) in [5.74, 6) is 0.447. The van der Waals surface area contributed by atoms with E-state index in [1.165, 1.54) is 16.8 Å². The van der Waals surface area contributed by atoms with Gasteiger partial charge in [-0.25, -0.2) is 8.42 Å². The summed E-state index contributed by atoms with van der Waals surface area (Å²) in [6, 6.07) is 9.85. The molecule has 3 rings (SSSR count). The quantitative estimate of drug-likeness (QED) is 0.763. The average molecular weight is 403 g/mol. The zero-order valence-corrected chi connectivity index (χ0v) is 18.3. The number of aryl methyl sites for hydroxylation is 4. The Kier molecular flexibility index (Phi) is 6.01. The molecule has 152 valence electrons. The third-order valence-corrected chi connectivity index (χ3v) is 7.39. The first kappa shape index (κ1) is 20.7. The summed E-state index contributed by atoms with van der Waals surface area (Å²) in [5.41, 5.74) is 5.66. The smallest absolute Gasteiger partial charge is 0.246 e. The number of piperazine rings is 1. The van der Waals surface area contributed by atoms with Gasteiger partial charge in [-0.15, -0.1) is 0 Å². The molecule has 0 aromatic heterocycles. The standard InChI is InChI=1S/C22H30N2O3S/c1-6-27-20-14-18(4)19(5)15-21(20)28(25,26)24-12-10-23(11-13-24)22-16(2)8-7-9-17(22)3/h7-9,14-15H,6,10-13H2,1-5H3. The van der Waals surface area contributed by atoms with Crippen molar-refractivity contribution in [2.24, 2.45) is 0 Å². The first-order valence-electron chi connectivity index (χ1n) is 9.81. The summed E-state index contributed by atoms with van der Waals surface area (Å²) in [6.07, 6.45) is 0. The van der Waals surface area contributed by atoms with Crippen LogP contribution in [-0.2, 0) is 10.0 Å². The van der Waals surface area contributed by atoms with Crippen LogP contribution in [0.15, 0.2) is 35.2 Å². The number of ether oxygens (including phenoxy) is 1. The van der Waals surface area contributed by atoms with Crippen LogP contribution in [0.1, 0.15) is 29.2 Å². The molecule has 0 bridgehead atoms. The van der Waals surface area contributed by atoms with Crippen LogP contribution < -0.4 is 9.64 Å². The van der Waals surface area contributed by atoms with Crippen LogP contribution in [0, 0.1) is 27.7 Å². The van der Waals surface area contributed by atoms with E-state index in [1.807, 2.05) is 26.8 Å². The second kappa shape index (κ2) is 8.13. The van der Waals surface area contributed by atoms with Gasteiger partial charge in [0.15, 0.2) is 0 Å². The van der Waals surface area contributed by atoms with Gasteiger partial charge in [-0.3, -0.25) is 0 Å². The van der Waals surface area contributed by atoms with Crippen molar-refractivity contribution in [2.75, 3.05) is 37.7 Å². The van der Waals surface area contributed by atoms with E-state index in [9.17, 15) is 8.42 Å². The lowest BCUT2D eigenvalue weighted by Gasteiger charge is -2.37. The van der Waals surface area contributed by atoms with Crippen molar-refractivity contribution in [1.29, 1.82) is 0 Å². The number of hydrogen-bond acceptors (Lipinski definition) is 4. The monoisotopic (exact) mass is 402 g/mol. The lowest BCUT2D eigenvalue weighted by molar-refractivity contribution is 0.327. The highest BCUT2D eigenvalue weighted by molar-refractivity contribution is 7.89. The Bertz CT molecular complexity index is 942. The molecule has 6 heteroatoms. The highest BCUT2D eigenvalue weighted by Crippen LogP contribution is 2.32. The summed E-state index contributed by atoms with van der Waals surface area (Å²) in [5, 5.41) is 0. The Morgan fingerprint density at radius 1 is 0.893 bits per heavy atom. The maximum absolute atomic E-state index is 13.4. The average Bonchev–Trinajstić information content (AvgIpc) is 2.65. The first-order valence-corrected chi connectivity index (χ1v) is 11.2. The van der Waals surface area contributed by atoms with Crippen molar-refractivity contribution in [1.82, 2.24) is 4.31 Å². The molecule has 0 radical (unpaired) electrons. The van der Waals surface area contributed by atoms with Gasteiger partial charge in [0.2, 0.25) is 10.0 Å². The van der Waals surface area contributed by atoms with E-state index < -0.39 is 10.0 Å². The molecule has 0 unspecified atom stereocenters. The van der Waals surface area contributed by atoms with Gasteiger partial charge in [-0.05, 0) is 69.0 Å². The summed E-state index contributed by atoms with van der Waals surface area (Å²) in [4.78, 5) is 2.57. The van der Waals surface area contributed by atoms with E-state index in [-0.39, 0.29) is 4.90 Å². The van der Waals surface area contributed by atoms with Gasteiger partial charge in [0.1, 0.15) is 10.6 Å². The van der Waals surface area contributed by atoms with Gasteiger partial charge in [-0.1, -0.05) is 18.2 Å². The van der Waals surface area contributed by atoms with Gasteiger partial charge in [0.05, 0.1) is 6.61 Å². The van der Waals surface area contributed by atoms with Gasteiger partial charge < -0.3 is 9.64 Å². The highest BCUT2D eigenvalue weighted by Gasteiger charge is 2.32. The van der Waals surface area contributed by atoms with Gasteiger partial charge in [-0.2, -0.15) is 4.31 Å². The van der Waals surface area contributed by atoms with Crippen LogP contribution in [0.5, 0.6) is 5.75 Å². The molecule has 2 aromatic carbocycles. The fraction of sp³-hybridized carbons (Fsp3) is 0.455. The molecule has 2 aromatic rings. The molecular formula is C22H30N2O3S. The maximum Gasteiger partial charge on any atom is 0.246 e. The van der Waals surface area contributed by atoms with Crippen molar-refractivity contribution in [2.45, 2.75) is 39.5 Å². The van der Waals surface area contributed by atoms with Crippen LogP contribution in [0.4, 0.5) is 5.69 Å². The molecule has 0 saturated carbocycles. The van der Waals surface area contributed by atoms with Crippen LogP contribution >= 0.6 is 0 Å². The summed E-state index contributed by atoms with van der Waals surface area (Å²) >= 11 is 0. The van der Waals surface area contributed by atoms with Gasteiger partial charge in [0, 0.05) is 31.9 Å². The van der Waals surface area contributed by atoms with Gasteiger partial charge in [0.25, 0.3) is 0 Å². The van der Waals surface area contributed by atoms with E-state index in [0.717, 1.165) is 11.1 Å².